The van der Waals surface area contributed by atoms with Crippen LogP contribution in [0.15, 0.2) is 41.2 Å². The molecule has 0 fully saturated rings. The summed E-state index contributed by atoms with van der Waals surface area (Å²) in [5, 5.41) is 6.55. The van der Waals surface area contributed by atoms with Crippen molar-refractivity contribution in [3.63, 3.8) is 0 Å². The van der Waals surface area contributed by atoms with Crippen molar-refractivity contribution in [2.45, 2.75) is 26.5 Å². The number of ether oxygens (including phenoxy) is 1. The van der Waals surface area contributed by atoms with E-state index in [-0.39, 0.29) is 17.0 Å². The average Bonchev–Trinajstić information content (AvgIpc) is 2.51. The highest BCUT2D eigenvalue weighted by Gasteiger charge is 2.10. The van der Waals surface area contributed by atoms with Crippen molar-refractivity contribution in [1.82, 2.24) is 9.78 Å². The Hall–Kier alpha value is -2.77. The van der Waals surface area contributed by atoms with E-state index in [1.807, 2.05) is 6.92 Å². The van der Waals surface area contributed by atoms with Gasteiger partial charge in [-0.15, -0.1) is 0 Å². The lowest BCUT2D eigenvalue weighted by Gasteiger charge is -2.08. The second kappa shape index (κ2) is 7.48. The highest BCUT2D eigenvalue weighted by molar-refractivity contribution is 6.02. The highest BCUT2D eigenvalue weighted by atomic mass is 19.3. The monoisotopic (exact) mass is 323 g/mol. The van der Waals surface area contributed by atoms with Crippen molar-refractivity contribution in [3.8, 4) is 5.75 Å². The van der Waals surface area contributed by atoms with Crippen LogP contribution in [0, 0.1) is 0 Å². The van der Waals surface area contributed by atoms with E-state index in [1.165, 1.54) is 41.1 Å². The molecule has 0 aliphatic heterocycles. The van der Waals surface area contributed by atoms with E-state index >= 15 is 0 Å². The van der Waals surface area contributed by atoms with Gasteiger partial charge in [-0.25, -0.2) is 4.68 Å². The van der Waals surface area contributed by atoms with Gasteiger partial charge in [-0.2, -0.15) is 13.9 Å². The lowest BCUT2D eigenvalue weighted by molar-refractivity contribution is -0.0498. The van der Waals surface area contributed by atoms with Gasteiger partial charge in [-0.3, -0.25) is 9.59 Å². The highest BCUT2D eigenvalue weighted by Crippen LogP contribution is 2.18. The quantitative estimate of drug-likeness (QED) is 0.886. The number of aryl methyl sites for hydroxylation is 1. The van der Waals surface area contributed by atoms with E-state index in [0.29, 0.717) is 18.7 Å². The molecule has 6 nitrogen and oxygen atoms in total. The van der Waals surface area contributed by atoms with Crippen molar-refractivity contribution in [3.05, 3.63) is 52.4 Å². The molecule has 1 heterocycles. The molecule has 0 saturated heterocycles. The molecule has 0 radical (unpaired) electrons. The standard InChI is InChI=1S/C15H15F2N3O3/c1-2-9-20-13(21)8-7-12(19-20)14(22)18-10-3-5-11(6-4-10)23-15(16)17/h3-8,15H,2,9H2,1H3,(H,18,22). The van der Waals surface area contributed by atoms with Crippen molar-refractivity contribution >= 4 is 11.6 Å². The van der Waals surface area contributed by atoms with Crippen LogP contribution in [0.5, 0.6) is 5.75 Å². The molecule has 1 aromatic carbocycles. The van der Waals surface area contributed by atoms with Gasteiger partial charge >= 0.3 is 6.61 Å². The Morgan fingerprint density at radius 3 is 2.57 bits per heavy atom. The van der Waals surface area contributed by atoms with Crippen LogP contribution in [0.2, 0.25) is 0 Å². The van der Waals surface area contributed by atoms with Crippen LogP contribution < -0.4 is 15.6 Å². The maximum Gasteiger partial charge on any atom is 0.387 e. The number of anilines is 1. The SMILES string of the molecule is CCCn1nc(C(=O)Nc2ccc(OC(F)F)cc2)ccc1=O. The van der Waals surface area contributed by atoms with E-state index in [4.69, 9.17) is 0 Å². The molecule has 1 aromatic heterocycles. The van der Waals surface area contributed by atoms with Gasteiger partial charge in [0.15, 0.2) is 0 Å². The van der Waals surface area contributed by atoms with Crippen LogP contribution in [-0.2, 0) is 6.54 Å². The van der Waals surface area contributed by atoms with Gasteiger partial charge in [0, 0.05) is 18.3 Å². The Bertz CT molecular complexity index is 729. The van der Waals surface area contributed by atoms with Gasteiger partial charge in [0.05, 0.1) is 0 Å². The second-order valence-electron chi connectivity index (χ2n) is 4.64. The zero-order valence-electron chi connectivity index (χ0n) is 12.3. The normalized spacial score (nSPS) is 10.6. The van der Waals surface area contributed by atoms with Crippen molar-refractivity contribution in [2.75, 3.05) is 5.32 Å². The minimum absolute atomic E-state index is 0.00683. The molecule has 2 aromatic rings. The summed E-state index contributed by atoms with van der Waals surface area (Å²) in [5.74, 6) is -0.509. The molecule has 0 unspecified atom stereocenters. The molecule has 23 heavy (non-hydrogen) atoms. The van der Waals surface area contributed by atoms with Crippen molar-refractivity contribution < 1.29 is 18.3 Å². The predicted molar refractivity (Wildman–Crippen MR) is 79.8 cm³/mol. The number of benzene rings is 1. The Morgan fingerprint density at radius 2 is 1.96 bits per heavy atom. The maximum absolute atomic E-state index is 12.1. The molecule has 0 spiro atoms. The summed E-state index contributed by atoms with van der Waals surface area (Å²) >= 11 is 0. The Labute approximate surface area is 130 Å². The molecular formula is C15H15F2N3O3. The number of nitrogens with one attached hydrogen (secondary N) is 1. The molecule has 8 heteroatoms. The lowest BCUT2D eigenvalue weighted by Crippen LogP contribution is -2.26. The summed E-state index contributed by atoms with van der Waals surface area (Å²) in [6.45, 7) is -0.594. The maximum atomic E-state index is 12.1. The second-order valence-corrected chi connectivity index (χ2v) is 4.64. The van der Waals surface area contributed by atoms with E-state index in [9.17, 15) is 18.4 Å². The summed E-state index contributed by atoms with van der Waals surface area (Å²) in [5.41, 5.74) is 0.203. The summed E-state index contributed by atoms with van der Waals surface area (Å²) in [6, 6.07) is 8.09. The number of carbonyl (C=O) groups excluding carboxylic acids is 1. The topological polar surface area (TPSA) is 73.2 Å². The third kappa shape index (κ3) is 4.60. The Kier molecular flexibility index (Phi) is 5.40. The molecule has 0 atom stereocenters. The summed E-state index contributed by atoms with van der Waals surface area (Å²) in [7, 11) is 0. The van der Waals surface area contributed by atoms with Crippen molar-refractivity contribution in [2.24, 2.45) is 0 Å². The number of alkyl halides is 2. The van der Waals surface area contributed by atoms with Gasteiger partial charge in [0.1, 0.15) is 11.4 Å². The summed E-state index contributed by atoms with van der Waals surface area (Å²) in [6.07, 6.45) is 0.712. The van der Waals surface area contributed by atoms with Crippen LogP contribution in [0.4, 0.5) is 14.5 Å². The number of hydrogen-bond donors (Lipinski definition) is 1. The van der Waals surface area contributed by atoms with Crippen LogP contribution in [0.1, 0.15) is 23.8 Å². The number of hydrogen-bond acceptors (Lipinski definition) is 4. The molecule has 1 N–H and O–H groups in total. The zero-order valence-corrected chi connectivity index (χ0v) is 12.3. The van der Waals surface area contributed by atoms with E-state index in [2.05, 4.69) is 15.2 Å². The summed E-state index contributed by atoms with van der Waals surface area (Å²) in [4.78, 5) is 23.7. The molecule has 0 aliphatic carbocycles. The first-order chi connectivity index (χ1) is 11.0. The van der Waals surface area contributed by atoms with E-state index in [0.717, 1.165) is 0 Å². The molecule has 122 valence electrons. The third-order valence-corrected chi connectivity index (χ3v) is 2.87. The molecule has 0 saturated carbocycles. The Balaban J connectivity index is 2.09. The molecule has 0 bridgehead atoms. The van der Waals surface area contributed by atoms with Gasteiger partial charge in [-0.1, -0.05) is 6.92 Å². The first kappa shape index (κ1) is 16.6. The lowest BCUT2D eigenvalue weighted by atomic mass is 10.3. The molecule has 2 rings (SSSR count). The molecular weight excluding hydrogens is 308 g/mol. The van der Waals surface area contributed by atoms with Crippen LogP contribution in [0.25, 0.3) is 0 Å². The molecule has 1 amide bonds. The van der Waals surface area contributed by atoms with Gasteiger partial charge in [-0.05, 0) is 36.8 Å². The number of halogens is 2. The number of aromatic nitrogens is 2. The van der Waals surface area contributed by atoms with Gasteiger partial charge < -0.3 is 10.1 Å². The number of nitrogens with zero attached hydrogens (tertiary/aromatic N) is 2. The first-order valence-electron chi connectivity index (χ1n) is 6.94. The fraction of sp³-hybridized carbons (Fsp3) is 0.267. The first-order valence-corrected chi connectivity index (χ1v) is 6.94. The Morgan fingerprint density at radius 1 is 1.26 bits per heavy atom. The minimum atomic E-state index is -2.90. The van der Waals surface area contributed by atoms with Crippen LogP contribution in [0.3, 0.4) is 0 Å². The predicted octanol–water partition coefficient (Wildman–Crippen LogP) is 2.51. The van der Waals surface area contributed by atoms with Gasteiger partial charge in [0.2, 0.25) is 0 Å². The van der Waals surface area contributed by atoms with E-state index in [1.54, 1.807) is 0 Å². The third-order valence-electron chi connectivity index (χ3n) is 2.87. The van der Waals surface area contributed by atoms with Crippen LogP contribution in [-0.4, -0.2) is 22.3 Å². The minimum Gasteiger partial charge on any atom is -0.435 e. The fourth-order valence-electron chi connectivity index (χ4n) is 1.86. The number of rotatable bonds is 6. The van der Waals surface area contributed by atoms with E-state index < -0.39 is 12.5 Å². The number of amides is 1. The molecule has 0 aliphatic rings. The van der Waals surface area contributed by atoms with Gasteiger partial charge in [0.25, 0.3) is 11.5 Å². The largest absolute Gasteiger partial charge is 0.435 e. The van der Waals surface area contributed by atoms with Crippen LogP contribution >= 0.6 is 0 Å². The fourth-order valence-corrected chi connectivity index (χ4v) is 1.86. The smallest absolute Gasteiger partial charge is 0.387 e. The number of carbonyl (C=O) groups is 1. The van der Waals surface area contributed by atoms with Crippen molar-refractivity contribution in [1.29, 1.82) is 0 Å². The summed E-state index contributed by atoms with van der Waals surface area (Å²) < 4.78 is 29.6. The zero-order chi connectivity index (χ0) is 16.8. The average molecular weight is 323 g/mol.